The molecule has 2 rings (SSSR count). The Morgan fingerprint density at radius 3 is 2.83 bits per heavy atom. The van der Waals surface area contributed by atoms with Gasteiger partial charge in [-0.15, -0.1) is 0 Å². The fourth-order valence-corrected chi connectivity index (χ4v) is 2.11. The minimum Gasteiger partial charge on any atom is -0.359 e. The largest absolute Gasteiger partial charge is 0.359 e. The van der Waals surface area contributed by atoms with Crippen LogP contribution in [0.2, 0.25) is 0 Å². The molecule has 0 aliphatic heterocycles. The number of hydrogen-bond acceptors (Lipinski definition) is 4. The number of imidazole rings is 1. The lowest BCUT2D eigenvalue weighted by Crippen LogP contribution is -2.27. The number of carbonyl (C=O) groups is 1. The molecule has 0 bridgehead atoms. The van der Waals surface area contributed by atoms with E-state index in [0.717, 1.165) is 21.5 Å². The fourth-order valence-electron chi connectivity index (χ4n) is 1.80. The van der Waals surface area contributed by atoms with Crippen molar-refractivity contribution in [3.63, 3.8) is 0 Å². The Kier molecular flexibility index (Phi) is 3.53. The van der Waals surface area contributed by atoms with Gasteiger partial charge in [0.15, 0.2) is 0 Å². The van der Waals surface area contributed by atoms with Gasteiger partial charge in [-0.3, -0.25) is 14.4 Å². The number of nitrogens with one attached hydrogen (secondary N) is 2. The van der Waals surface area contributed by atoms with Crippen molar-refractivity contribution in [3.05, 3.63) is 28.0 Å². The van der Waals surface area contributed by atoms with Gasteiger partial charge >= 0.3 is 0 Å². The van der Waals surface area contributed by atoms with Crippen LogP contribution in [0, 0.1) is 13.8 Å². The molecule has 0 unspecified atom stereocenters. The molecular weight excluding hydrogens is 300 g/mol. The number of pyridine rings is 1. The first-order valence-electron chi connectivity index (χ1n) is 5.35. The number of fused-ring (bicyclic) bond motifs is 1. The first kappa shape index (κ1) is 12.8. The lowest BCUT2D eigenvalue weighted by Gasteiger charge is -2.05. The first-order valence-corrected chi connectivity index (χ1v) is 6.15. The molecule has 0 fully saturated rings. The van der Waals surface area contributed by atoms with Crippen LogP contribution < -0.4 is 10.8 Å². The number of aromatic nitrogens is 2. The van der Waals surface area contributed by atoms with Crippen LogP contribution in [0.5, 0.6) is 0 Å². The zero-order chi connectivity index (χ0) is 13.3. The quantitative estimate of drug-likeness (QED) is 0.594. The maximum absolute atomic E-state index is 11.0. The van der Waals surface area contributed by atoms with Crippen LogP contribution in [0.4, 0.5) is 5.82 Å². The van der Waals surface area contributed by atoms with Gasteiger partial charge in [-0.1, -0.05) is 0 Å². The van der Waals surface area contributed by atoms with E-state index in [2.05, 4.69) is 26.2 Å². The molecule has 7 heteroatoms. The number of halogens is 1. The molecule has 0 atom stereocenters. The second-order valence-corrected chi connectivity index (χ2v) is 4.75. The molecule has 0 radical (unpaired) electrons. The molecule has 0 saturated heterocycles. The normalized spacial score (nSPS) is 10.7. The zero-order valence-electron chi connectivity index (χ0n) is 9.99. The van der Waals surface area contributed by atoms with Gasteiger partial charge in [-0.05, 0) is 41.9 Å². The average Bonchev–Trinajstić information content (AvgIpc) is 2.68. The van der Waals surface area contributed by atoms with E-state index in [1.54, 1.807) is 5.48 Å². The SMILES string of the molecule is Cc1c(Br)ccc2nc(NCC(=O)NO)c(C)n12. The topological polar surface area (TPSA) is 78.7 Å². The van der Waals surface area contributed by atoms with Crippen molar-refractivity contribution in [2.24, 2.45) is 0 Å². The fraction of sp³-hybridized carbons (Fsp3) is 0.273. The van der Waals surface area contributed by atoms with Gasteiger partial charge < -0.3 is 5.32 Å². The number of aryl methyl sites for hydroxylation is 2. The van der Waals surface area contributed by atoms with Crippen molar-refractivity contribution in [2.75, 3.05) is 11.9 Å². The third-order valence-electron chi connectivity index (χ3n) is 2.73. The molecule has 18 heavy (non-hydrogen) atoms. The molecule has 2 aromatic heterocycles. The minimum atomic E-state index is -0.510. The van der Waals surface area contributed by atoms with Gasteiger partial charge in [0, 0.05) is 10.2 Å². The van der Waals surface area contributed by atoms with E-state index in [4.69, 9.17) is 5.21 Å². The molecule has 2 aromatic rings. The third-order valence-corrected chi connectivity index (χ3v) is 3.57. The summed E-state index contributed by atoms with van der Waals surface area (Å²) in [7, 11) is 0. The Bertz CT molecular complexity index is 609. The third kappa shape index (κ3) is 2.19. The van der Waals surface area contributed by atoms with Crippen LogP contribution in [0.1, 0.15) is 11.4 Å². The number of amides is 1. The standard InChI is InChI=1S/C11H13BrN4O2/c1-6-8(12)3-4-9-14-11(7(2)16(6)9)13-5-10(17)15-18/h3-4,13,18H,5H2,1-2H3,(H,15,17). The Labute approximate surface area is 112 Å². The van der Waals surface area contributed by atoms with E-state index in [-0.39, 0.29) is 6.54 Å². The molecule has 3 N–H and O–H groups in total. The highest BCUT2D eigenvalue weighted by atomic mass is 79.9. The summed E-state index contributed by atoms with van der Waals surface area (Å²) in [6, 6.07) is 3.82. The van der Waals surface area contributed by atoms with Gasteiger partial charge in [-0.2, -0.15) is 0 Å². The summed E-state index contributed by atoms with van der Waals surface area (Å²) in [5.74, 6) is 0.115. The van der Waals surface area contributed by atoms with E-state index < -0.39 is 5.91 Å². The highest BCUT2D eigenvalue weighted by Gasteiger charge is 2.11. The second-order valence-electron chi connectivity index (χ2n) is 3.89. The van der Waals surface area contributed by atoms with Gasteiger partial charge in [0.25, 0.3) is 5.91 Å². The molecule has 6 nitrogen and oxygen atoms in total. The Morgan fingerprint density at radius 1 is 1.44 bits per heavy atom. The van der Waals surface area contributed by atoms with Crippen molar-refractivity contribution < 1.29 is 10.0 Å². The average molecular weight is 313 g/mol. The predicted molar refractivity (Wildman–Crippen MR) is 70.8 cm³/mol. The number of hydrogen-bond donors (Lipinski definition) is 3. The molecule has 2 heterocycles. The molecule has 96 valence electrons. The van der Waals surface area contributed by atoms with Crippen LogP contribution >= 0.6 is 15.9 Å². The van der Waals surface area contributed by atoms with E-state index >= 15 is 0 Å². The van der Waals surface area contributed by atoms with Crippen LogP contribution in [0.25, 0.3) is 5.65 Å². The first-order chi connectivity index (χ1) is 8.54. The Morgan fingerprint density at radius 2 is 2.17 bits per heavy atom. The van der Waals surface area contributed by atoms with E-state index in [1.807, 2.05) is 30.4 Å². The summed E-state index contributed by atoms with van der Waals surface area (Å²) in [6.45, 7) is 3.87. The highest BCUT2D eigenvalue weighted by Crippen LogP contribution is 2.23. The minimum absolute atomic E-state index is 0.0264. The monoisotopic (exact) mass is 312 g/mol. The highest BCUT2D eigenvalue weighted by molar-refractivity contribution is 9.10. The summed E-state index contributed by atoms with van der Waals surface area (Å²) in [5, 5.41) is 11.3. The summed E-state index contributed by atoms with van der Waals surface area (Å²) in [5.41, 5.74) is 4.32. The van der Waals surface area contributed by atoms with Crippen LogP contribution in [-0.4, -0.2) is 27.0 Å². The number of hydroxylamine groups is 1. The van der Waals surface area contributed by atoms with E-state index in [0.29, 0.717) is 5.82 Å². The number of nitrogens with zero attached hydrogens (tertiary/aromatic N) is 2. The van der Waals surface area contributed by atoms with E-state index in [9.17, 15) is 4.79 Å². The summed E-state index contributed by atoms with van der Waals surface area (Å²) < 4.78 is 2.98. The summed E-state index contributed by atoms with van der Waals surface area (Å²) in [4.78, 5) is 15.4. The predicted octanol–water partition coefficient (Wildman–Crippen LogP) is 1.63. The Balaban J connectivity index is 2.39. The number of rotatable bonds is 3. The lowest BCUT2D eigenvalue weighted by atomic mass is 10.3. The molecule has 1 amide bonds. The lowest BCUT2D eigenvalue weighted by molar-refractivity contribution is -0.127. The maximum atomic E-state index is 11.0. The molecular formula is C11H13BrN4O2. The van der Waals surface area contributed by atoms with Crippen LogP contribution in [-0.2, 0) is 4.79 Å². The zero-order valence-corrected chi connectivity index (χ0v) is 11.6. The van der Waals surface area contributed by atoms with Crippen molar-refractivity contribution >= 4 is 33.3 Å². The van der Waals surface area contributed by atoms with Gasteiger partial charge in [0.1, 0.15) is 11.5 Å². The number of anilines is 1. The molecule has 0 saturated carbocycles. The van der Waals surface area contributed by atoms with Gasteiger partial charge in [0.05, 0.1) is 12.2 Å². The van der Waals surface area contributed by atoms with E-state index in [1.165, 1.54) is 0 Å². The summed E-state index contributed by atoms with van der Waals surface area (Å²) in [6.07, 6.45) is 0. The molecule has 0 aliphatic carbocycles. The molecule has 0 aliphatic rings. The summed E-state index contributed by atoms with van der Waals surface area (Å²) >= 11 is 3.47. The Hall–Kier alpha value is -1.60. The van der Waals surface area contributed by atoms with Crippen molar-refractivity contribution in [1.29, 1.82) is 0 Å². The van der Waals surface area contributed by atoms with Crippen LogP contribution in [0.15, 0.2) is 16.6 Å². The van der Waals surface area contributed by atoms with Crippen molar-refractivity contribution in [2.45, 2.75) is 13.8 Å². The molecule has 0 aromatic carbocycles. The van der Waals surface area contributed by atoms with Gasteiger partial charge in [0.2, 0.25) is 0 Å². The van der Waals surface area contributed by atoms with Crippen LogP contribution in [0.3, 0.4) is 0 Å². The molecule has 0 spiro atoms. The maximum Gasteiger partial charge on any atom is 0.262 e. The number of carbonyl (C=O) groups excluding carboxylic acids is 1. The van der Waals surface area contributed by atoms with Gasteiger partial charge in [-0.25, -0.2) is 10.5 Å². The van der Waals surface area contributed by atoms with Crippen molar-refractivity contribution in [3.8, 4) is 0 Å². The smallest absolute Gasteiger partial charge is 0.262 e. The second kappa shape index (κ2) is 4.95. The van der Waals surface area contributed by atoms with Crippen molar-refractivity contribution in [1.82, 2.24) is 14.9 Å².